The molecule has 0 bridgehead atoms. The molecular weight excluding hydrogens is 648 g/mol. The summed E-state index contributed by atoms with van der Waals surface area (Å²) in [6.45, 7) is 10.4. The van der Waals surface area contributed by atoms with E-state index in [0.717, 1.165) is 28.3 Å². The Morgan fingerprint density at radius 2 is 1.84 bits per heavy atom. The first-order valence-electron chi connectivity index (χ1n) is 16.6. The lowest BCUT2D eigenvalue weighted by Crippen LogP contribution is -2.52. The number of piperazine rings is 1. The van der Waals surface area contributed by atoms with E-state index in [1.807, 2.05) is 68.1 Å². The normalized spacial score (nSPS) is 18.2. The van der Waals surface area contributed by atoms with E-state index in [2.05, 4.69) is 25.5 Å². The number of alkyl halides is 1. The molecule has 2 aliphatic heterocycles. The molecule has 2 aliphatic rings. The monoisotopic (exact) mass is 692 g/mol. The van der Waals surface area contributed by atoms with Gasteiger partial charge in [0, 0.05) is 81.6 Å². The van der Waals surface area contributed by atoms with Crippen LogP contribution in [0.5, 0.6) is 0 Å². The van der Waals surface area contributed by atoms with Crippen molar-refractivity contribution in [2.75, 3.05) is 56.0 Å². The van der Waals surface area contributed by atoms with Gasteiger partial charge in [0.25, 0.3) is 0 Å². The molecule has 0 saturated carbocycles. The highest BCUT2D eigenvalue weighted by Crippen LogP contribution is 2.29. The molecule has 14 heteroatoms. The van der Waals surface area contributed by atoms with Crippen LogP contribution < -0.4 is 15.5 Å². The van der Waals surface area contributed by atoms with Crippen LogP contribution in [0.4, 0.5) is 22.2 Å². The molecule has 13 nitrogen and oxygen atoms in total. The van der Waals surface area contributed by atoms with E-state index in [1.165, 1.54) is 6.92 Å². The summed E-state index contributed by atoms with van der Waals surface area (Å²) in [5.74, 6) is 1.24. The number of carbonyl (C=O) groups excluding carboxylic acids is 3. The van der Waals surface area contributed by atoms with Crippen molar-refractivity contribution in [3.63, 3.8) is 0 Å². The fourth-order valence-electron chi connectivity index (χ4n) is 5.95. The van der Waals surface area contributed by atoms with Crippen LogP contribution in [0.2, 0.25) is 0 Å². The number of halogens is 1. The van der Waals surface area contributed by atoms with E-state index < -0.39 is 5.60 Å². The average Bonchev–Trinajstić information content (AvgIpc) is 3.46. The Kier molecular flexibility index (Phi) is 11.9. The maximum atomic E-state index is 12.8. The van der Waals surface area contributed by atoms with E-state index >= 15 is 0 Å². The van der Waals surface area contributed by atoms with Crippen molar-refractivity contribution in [2.45, 2.75) is 64.2 Å². The van der Waals surface area contributed by atoms with Gasteiger partial charge in [0.2, 0.25) is 11.9 Å². The highest BCUT2D eigenvalue weighted by Gasteiger charge is 2.35. The Morgan fingerprint density at radius 1 is 1.04 bits per heavy atom. The van der Waals surface area contributed by atoms with Crippen LogP contribution >= 0.6 is 11.6 Å². The van der Waals surface area contributed by atoms with Crippen molar-refractivity contribution in [1.82, 2.24) is 30.1 Å². The summed E-state index contributed by atoms with van der Waals surface area (Å²) in [6, 6.07) is 13.5. The van der Waals surface area contributed by atoms with Gasteiger partial charge in [-0.2, -0.15) is 0 Å². The van der Waals surface area contributed by atoms with Gasteiger partial charge in [-0.15, -0.1) is 11.6 Å². The lowest BCUT2D eigenvalue weighted by Gasteiger charge is -2.35. The number of aromatic nitrogens is 3. The first kappa shape index (κ1) is 35.8. The summed E-state index contributed by atoms with van der Waals surface area (Å²) in [5, 5.41) is 6.27. The number of benzene rings is 1. The molecule has 49 heavy (non-hydrogen) atoms. The zero-order chi connectivity index (χ0) is 35.0. The fraction of sp³-hybridized carbons (Fsp3) is 0.486. The minimum absolute atomic E-state index is 0.0129. The molecule has 2 saturated heterocycles. The van der Waals surface area contributed by atoms with Gasteiger partial charge >= 0.3 is 12.1 Å². The molecule has 0 radical (unpaired) electrons. The molecule has 2 aromatic heterocycles. The number of pyridine rings is 1. The van der Waals surface area contributed by atoms with Crippen molar-refractivity contribution in [3.8, 4) is 11.3 Å². The number of nitrogens with zero attached hydrogens (tertiary/aromatic N) is 6. The largest absolute Gasteiger partial charge is 0.461 e. The third-order valence-corrected chi connectivity index (χ3v) is 8.54. The second kappa shape index (κ2) is 16.3. The highest BCUT2D eigenvalue weighted by atomic mass is 35.5. The highest BCUT2D eigenvalue weighted by molar-refractivity contribution is 6.17. The standard InChI is InChI=1S/C35H45ClN8O5/c1-24(45)48-29-19-28(10-12-37-32(46)23-42-14-16-43(17-15-42)34(47)49-35(2,3)4)44(22-29)31-9-8-26(21-39-31)30-11-13-38-33(41-30)40-27-7-5-6-25(18-27)20-36/h5-9,11,13,18,21,28-29H,10,12,14-17,19-20,22-23H2,1-4H3,(H,37,46)(H,38,40,41). The molecule has 2 atom stereocenters. The van der Waals surface area contributed by atoms with Gasteiger partial charge in [0.15, 0.2) is 0 Å². The van der Waals surface area contributed by atoms with Crippen LogP contribution in [0.3, 0.4) is 0 Å². The van der Waals surface area contributed by atoms with Crippen molar-refractivity contribution >= 4 is 47.0 Å². The quantitative estimate of drug-likeness (QED) is 0.215. The molecule has 262 valence electrons. The van der Waals surface area contributed by atoms with E-state index in [0.29, 0.717) is 63.9 Å². The fourth-order valence-corrected chi connectivity index (χ4v) is 6.12. The van der Waals surface area contributed by atoms with Crippen molar-refractivity contribution in [2.24, 2.45) is 0 Å². The molecule has 2 unspecified atom stereocenters. The zero-order valence-electron chi connectivity index (χ0n) is 28.5. The number of nitrogens with one attached hydrogen (secondary N) is 2. The molecule has 2 N–H and O–H groups in total. The van der Waals surface area contributed by atoms with E-state index in [-0.39, 0.29) is 36.7 Å². The number of carbonyl (C=O) groups is 3. The lowest BCUT2D eigenvalue weighted by atomic mass is 10.1. The summed E-state index contributed by atoms with van der Waals surface area (Å²) in [5.41, 5.74) is 2.85. The lowest BCUT2D eigenvalue weighted by molar-refractivity contribution is -0.145. The number of hydrogen-bond acceptors (Lipinski definition) is 11. The van der Waals surface area contributed by atoms with Gasteiger partial charge in [0.05, 0.1) is 18.8 Å². The van der Waals surface area contributed by atoms with Gasteiger partial charge in [-0.25, -0.2) is 19.7 Å². The second-order valence-electron chi connectivity index (χ2n) is 13.3. The smallest absolute Gasteiger partial charge is 0.410 e. The molecule has 3 aromatic rings. The predicted octanol–water partition coefficient (Wildman–Crippen LogP) is 4.59. The maximum Gasteiger partial charge on any atom is 0.410 e. The minimum atomic E-state index is -0.542. The van der Waals surface area contributed by atoms with Gasteiger partial charge in [0.1, 0.15) is 17.5 Å². The van der Waals surface area contributed by atoms with Crippen LogP contribution in [-0.4, -0.2) is 106 Å². The van der Waals surface area contributed by atoms with Gasteiger partial charge in [-0.05, 0) is 63.1 Å². The number of hydrogen-bond donors (Lipinski definition) is 2. The van der Waals surface area contributed by atoms with Gasteiger partial charge in [-0.3, -0.25) is 14.5 Å². The number of ether oxygens (including phenoxy) is 2. The second-order valence-corrected chi connectivity index (χ2v) is 13.6. The predicted molar refractivity (Wildman–Crippen MR) is 188 cm³/mol. The summed E-state index contributed by atoms with van der Waals surface area (Å²) in [6.07, 6.45) is 4.17. The van der Waals surface area contributed by atoms with Gasteiger partial charge < -0.3 is 29.9 Å². The molecule has 4 heterocycles. The topological polar surface area (TPSA) is 142 Å². The molecule has 5 rings (SSSR count). The van der Waals surface area contributed by atoms with Crippen LogP contribution in [0, 0.1) is 0 Å². The zero-order valence-corrected chi connectivity index (χ0v) is 29.3. The average molecular weight is 693 g/mol. The number of anilines is 3. The Morgan fingerprint density at radius 3 is 2.53 bits per heavy atom. The molecular formula is C35H45ClN8O5. The summed E-state index contributed by atoms with van der Waals surface area (Å²) < 4.78 is 11.0. The SMILES string of the molecule is CC(=O)OC1CC(CCNC(=O)CN2CCN(C(=O)OC(C)(C)C)CC2)N(c2ccc(-c3ccnc(Nc4cccc(CCl)c4)n3)cn2)C1. The van der Waals surface area contributed by atoms with Crippen molar-refractivity contribution < 1.29 is 23.9 Å². The van der Waals surface area contributed by atoms with Crippen LogP contribution in [0.1, 0.15) is 46.1 Å². The summed E-state index contributed by atoms with van der Waals surface area (Å²) in [4.78, 5) is 56.6. The third kappa shape index (κ3) is 10.5. The molecule has 1 aromatic carbocycles. The first-order chi connectivity index (χ1) is 23.5. The molecule has 0 aliphatic carbocycles. The molecule has 2 amide bonds. The Balaban J connectivity index is 1.15. The molecule has 2 fully saturated rings. The van der Waals surface area contributed by atoms with E-state index in [9.17, 15) is 14.4 Å². The number of rotatable bonds is 11. The summed E-state index contributed by atoms with van der Waals surface area (Å²) >= 11 is 5.98. The Labute approximate surface area is 292 Å². The molecule has 0 spiro atoms. The maximum absolute atomic E-state index is 12.8. The van der Waals surface area contributed by atoms with Crippen LogP contribution in [-0.2, 0) is 24.9 Å². The number of amides is 2. The Hall–Kier alpha value is -4.49. The first-order valence-corrected chi connectivity index (χ1v) is 17.1. The summed E-state index contributed by atoms with van der Waals surface area (Å²) in [7, 11) is 0. The van der Waals surface area contributed by atoms with Crippen LogP contribution in [0.25, 0.3) is 11.3 Å². The van der Waals surface area contributed by atoms with Gasteiger partial charge in [-0.1, -0.05) is 12.1 Å². The third-order valence-electron chi connectivity index (χ3n) is 8.23. The minimum Gasteiger partial charge on any atom is -0.461 e. The van der Waals surface area contributed by atoms with E-state index in [4.69, 9.17) is 26.1 Å². The Bertz CT molecular complexity index is 1590. The van der Waals surface area contributed by atoms with Crippen molar-refractivity contribution in [1.29, 1.82) is 0 Å². The van der Waals surface area contributed by atoms with E-state index in [1.54, 1.807) is 17.3 Å². The number of esters is 1. The van der Waals surface area contributed by atoms with Crippen molar-refractivity contribution in [3.05, 3.63) is 60.4 Å². The van der Waals surface area contributed by atoms with Crippen LogP contribution in [0.15, 0.2) is 54.9 Å².